The minimum Gasteiger partial charge on any atom is -0.356 e. The maximum Gasteiger partial charge on any atom is 0.157 e. The second-order valence-electron chi connectivity index (χ2n) is 3.37. The number of ether oxygens (including phenoxy) is 2. The molecule has 1 atom stereocenters. The first-order chi connectivity index (χ1) is 7.67. The summed E-state index contributed by atoms with van der Waals surface area (Å²) in [4.78, 5) is 4.09. The fourth-order valence-corrected chi connectivity index (χ4v) is 1.77. The Morgan fingerprint density at radius 1 is 1.56 bits per heavy atom. The van der Waals surface area contributed by atoms with Crippen molar-refractivity contribution in [2.75, 3.05) is 7.11 Å². The summed E-state index contributed by atoms with van der Waals surface area (Å²) in [5, 5.41) is 0.603. The van der Waals surface area contributed by atoms with E-state index in [-0.39, 0.29) is 6.29 Å². The van der Waals surface area contributed by atoms with Gasteiger partial charge in [0.05, 0.1) is 11.6 Å². The number of hydrogen-bond acceptors (Lipinski definition) is 3. The summed E-state index contributed by atoms with van der Waals surface area (Å²) in [5.41, 5.74) is 0.922. The van der Waals surface area contributed by atoms with Crippen LogP contribution in [0.2, 0.25) is 5.02 Å². The lowest BCUT2D eigenvalue weighted by Gasteiger charge is -2.15. The lowest BCUT2D eigenvalue weighted by Crippen LogP contribution is -2.14. The number of rotatable bonds is 6. The third kappa shape index (κ3) is 4.37. The smallest absolute Gasteiger partial charge is 0.157 e. The standard InChI is InChI=1S/C11H15BrClNO2/c1-3-4-10(15-2)16-7-8-5-9(13)6-14-11(8)12/h5-6,10H,3-4,7H2,1-2H3. The van der Waals surface area contributed by atoms with Crippen LogP contribution in [-0.2, 0) is 16.1 Å². The zero-order chi connectivity index (χ0) is 12.0. The molecule has 0 radical (unpaired) electrons. The molecule has 3 nitrogen and oxygen atoms in total. The van der Waals surface area contributed by atoms with Crippen molar-refractivity contribution in [1.82, 2.24) is 4.98 Å². The van der Waals surface area contributed by atoms with Crippen LogP contribution >= 0.6 is 27.5 Å². The van der Waals surface area contributed by atoms with Crippen LogP contribution in [0.5, 0.6) is 0 Å². The van der Waals surface area contributed by atoms with Crippen molar-refractivity contribution in [3.63, 3.8) is 0 Å². The molecule has 0 aromatic carbocycles. The van der Waals surface area contributed by atoms with Crippen LogP contribution in [0.25, 0.3) is 0 Å². The molecule has 0 N–H and O–H groups in total. The van der Waals surface area contributed by atoms with Gasteiger partial charge in [0.15, 0.2) is 6.29 Å². The Kier molecular flexibility index (Phi) is 6.28. The Balaban J connectivity index is 2.55. The third-order valence-corrected chi connectivity index (χ3v) is 3.01. The monoisotopic (exact) mass is 307 g/mol. The summed E-state index contributed by atoms with van der Waals surface area (Å²) in [5.74, 6) is 0. The summed E-state index contributed by atoms with van der Waals surface area (Å²) in [7, 11) is 1.64. The Bertz CT molecular complexity index is 336. The van der Waals surface area contributed by atoms with Gasteiger partial charge in [0.1, 0.15) is 4.60 Å². The Labute approximate surface area is 109 Å². The topological polar surface area (TPSA) is 31.4 Å². The molecule has 0 aliphatic rings. The number of aromatic nitrogens is 1. The molecule has 5 heteroatoms. The van der Waals surface area contributed by atoms with Crippen LogP contribution in [0.15, 0.2) is 16.9 Å². The van der Waals surface area contributed by atoms with Gasteiger partial charge in [-0.05, 0) is 28.4 Å². The number of hydrogen-bond donors (Lipinski definition) is 0. The molecule has 1 aromatic rings. The molecule has 0 saturated heterocycles. The van der Waals surface area contributed by atoms with Crippen molar-refractivity contribution in [2.24, 2.45) is 0 Å². The molecule has 1 rings (SSSR count). The summed E-state index contributed by atoms with van der Waals surface area (Å²) < 4.78 is 11.5. The highest BCUT2D eigenvalue weighted by molar-refractivity contribution is 9.10. The number of halogens is 2. The quantitative estimate of drug-likeness (QED) is 0.592. The molecular formula is C11H15BrClNO2. The van der Waals surface area contributed by atoms with E-state index in [0.29, 0.717) is 11.6 Å². The molecule has 1 aromatic heterocycles. The van der Waals surface area contributed by atoms with Gasteiger partial charge >= 0.3 is 0 Å². The van der Waals surface area contributed by atoms with E-state index in [2.05, 4.69) is 27.8 Å². The molecule has 0 saturated carbocycles. The molecule has 0 bridgehead atoms. The SMILES string of the molecule is CCCC(OC)OCc1cc(Cl)cnc1Br. The molecule has 16 heavy (non-hydrogen) atoms. The number of methoxy groups -OCH3 is 1. The first-order valence-corrected chi connectivity index (χ1v) is 6.28. The van der Waals surface area contributed by atoms with Gasteiger partial charge in [-0.2, -0.15) is 0 Å². The van der Waals surface area contributed by atoms with Crippen LogP contribution in [0.4, 0.5) is 0 Å². The van der Waals surface area contributed by atoms with Gasteiger partial charge in [-0.15, -0.1) is 0 Å². The average molecular weight is 309 g/mol. The largest absolute Gasteiger partial charge is 0.356 e. The Hall–Kier alpha value is -0.160. The summed E-state index contributed by atoms with van der Waals surface area (Å²) in [6.07, 6.45) is 3.32. The van der Waals surface area contributed by atoms with E-state index >= 15 is 0 Å². The maximum absolute atomic E-state index is 5.86. The van der Waals surface area contributed by atoms with Gasteiger partial charge in [0, 0.05) is 18.9 Å². The second-order valence-corrected chi connectivity index (χ2v) is 4.56. The van der Waals surface area contributed by atoms with Gasteiger partial charge in [0.25, 0.3) is 0 Å². The van der Waals surface area contributed by atoms with Crippen LogP contribution in [0.3, 0.4) is 0 Å². The zero-order valence-corrected chi connectivity index (χ0v) is 11.7. The molecule has 1 unspecified atom stereocenters. The van der Waals surface area contributed by atoms with E-state index in [1.54, 1.807) is 13.3 Å². The van der Waals surface area contributed by atoms with Crippen LogP contribution < -0.4 is 0 Å². The fraction of sp³-hybridized carbons (Fsp3) is 0.545. The first kappa shape index (κ1) is 13.9. The predicted molar refractivity (Wildman–Crippen MR) is 67.4 cm³/mol. The van der Waals surface area contributed by atoms with E-state index < -0.39 is 0 Å². The zero-order valence-electron chi connectivity index (χ0n) is 9.37. The minimum absolute atomic E-state index is 0.170. The fourth-order valence-electron chi connectivity index (χ4n) is 1.25. The van der Waals surface area contributed by atoms with Gasteiger partial charge in [-0.1, -0.05) is 24.9 Å². The van der Waals surface area contributed by atoms with Gasteiger partial charge in [0.2, 0.25) is 0 Å². The Morgan fingerprint density at radius 2 is 2.31 bits per heavy atom. The van der Waals surface area contributed by atoms with Crippen molar-refractivity contribution < 1.29 is 9.47 Å². The summed E-state index contributed by atoms with van der Waals surface area (Å²) >= 11 is 9.21. The lowest BCUT2D eigenvalue weighted by molar-refractivity contribution is -0.135. The van der Waals surface area contributed by atoms with E-state index in [1.807, 2.05) is 6.07 Å². The molecule has 90 valence electrons. The highest BCUT2D eigenvalue weighted by Gasteiger charge is 2.08. The minimum atomic E-state index is -0.170. The van der Waals surface area contributed by atoms with Crippen molar-refractivity contribution in [3.8, 4) is 0 Å². The average Bonchev–Trinajstić information content (AvgIpc) is 2.28. The molecular weight excluding hydrogens is 293 g/mol. The van der Waals surface area contributed by atoms with Crippen molar-refractivity contribution in [1.29, 1.82) is 0 Å². The van der Waals surface area contributed by atoms with Crippen LogP contribution in [0, 0.1) is 0 Å². The van der Waals surface area contributed by atoms with Crippen molar-refractivity contribution in [3.05, 3.63) is 27.5 Å². The highest BCUT2D eigenvalue weighted by Crippen LogP contribution is 2.20. The van der Waals surface area contributed by atoms with Crippen LogP contribution in [-0.4, -0.2) is 18.4 Å². The van der Waals surface area contributed by atoms with Gasteiger partial charge in [-0.3, -0.25) is 0 Å². The summed E-state index contributed by atoms with van der Waals surface area (Å²) in [6.45, 7) is 2.53. The van der Waals surface area contributed by atoms with Gasteiger partial charge < -0.3 is 9.47 Å². The molecule has 1 heterocycles. The van der Waals surface area contributed by atoms with Crippen LogP contribution in [0.1, 0.15) is 25.3 Å². The van der Waals surface area contributed by atoms with E-state index in [0.717, 1.165) is 23.0 Å². The normalized spacial score (nSPS) is 12.8. The van der Waals surface area contributed by atoms with Crippen molar-refractivity contribution in [2.45, 2.75) is 32.7 Å². The number of pyridine rings is 1. The molecule has 0 amide bonds. The Morgan fingerprint density at radius 3 is 2.94 bits per heavy atom. The van der Waals surface area contributed by atoms with E-state index in [9.17, 15) is 0 Å². The van der Waals surface area contributed by atoms with Gasteiger partial charge in [-0.25, -0.2) is 4.98 Å². The molecule has 0 aliphatic carbocycles. The van der Waals surface area contributed by atoms with E-state index in [1.165, 1.54) is 0 Å². The lowest BCUT2D eigenvalue weighted by atomic mass is 10.3. The third-order valence-electron chi connectivity index (χ3n) is 2.09. The van der Waals surface area contributed by atoms with Crippen molar-refractivity contribution >= 4 is 27.5 Å². The second kappa shape index (κ2) is 7.22. The molecule has 0 spiro atoms. The summed E-state index contributed by atoms with van der Waals surface area (Å²) in [6, 6.07) is 1.83. The number of nitrogens with zero attached hydrogens (tertiary/aromatic N) is 1. The van der Waals surface area contributed by atoms with E-state index in [4.69, 9.17) is 21.1 Å². The first-order valence-electron chi connectivity index (χ1n) is 5.11. The molecule has 0 fully saturated rings. The predicted octanol–water partition coefficient (Wildman–Crippen LogP) is 3.79. The highest BCUT2D eigenvalue weighted by atomic mass is 79.9. The maximum atomic E-state index is 5.86. The molecule has 0 aliphatic heterocycles.